The first-order valence-electron chi connectivity index (χ1n) is 13.4. The van der Waals surface area contributed by atoms with Gasteiger partial charge >= 0.3 is 0 Å². The Morgan fingerprint density at radius 3 is 2.49 bits per heavy atom. The summed E-state index contributed by atoms with van der Waals surface area (Å²) in [6.07, 6.45) is 5.92. The van der Waals surface area contributed by atoms with E-state index >= 15 is 0 Å². The number of aromatic nitrogens is 5. The molecule has 10 nitrogen and oxygen atoms in total. The summed E-state index contributed by atoms with van der Waals surface area (Å²) in [5.41, 5.74) is 11.0. The topological polar surface area (TPSA) is 120 Å². The number of benzene rings is 2. The number of para-hydroxylation sites is 1. The number of fused-ring (bicyclic) bond motifs is 2. The Kier molecular flexibility index (Phi) is 6.30. The molecule has 4 heterocycles. The summed E-state index contributed by atoms with van der Waals surface area (Å²) < 4.78 is 13.4. The minimum absolute atomic E-state index is 0.278. The number of hydrogen-bond acceptors (Lipinski definition) is 9. The van der Waals surface area contributed by atoms with Gasteiger partial charge in [0.25, 0.3) is 6.01 Å². The molecule has 2 aliphatic rings. The van der Waals surface area contributed by atoms with Crippen molar-refractivity contribution in [1.29, 1.82) is 0 Å². The molecule has 0 radical (unpaired) electrons. The van der Waals surface area contributed by atoms with Gasteiger partial charge in [-0.15, -0.1) is 0 Å². The number of nitrogens with two attached hydrogens (primary N) is 1. The van der Waals surface area contributed by atoms with Crippen LogP contribution in [0, 0.1) is 0 Å². The highest BCUT2D eigenvalue weighted by Crippen LogP contribution is 2.37. The normalized spacial score (nSPS) is 20.5. The van der Waals surface area contributed by atoms with E-state index in [4.69, 9.17) is 31.6 Å². The van der Waals surface area contributed by atoms with Gasteiger partial charge in [-0.2, -0.15) is 10.1 Å². The van der Waals surface area contributed by atoms with E-state index in [1.165, 1.54) is 6.33 Å². The Morgan fingerprint density at radius 1 is 0.949 bits per heavy atom. The van der Waals surface area contributed by atoms with Gasteiger partial charge in [-0.1, -0.05) is 29.8 Å². The first kappa shape index (κ1) is 24.3. The molecule has 39 heavy (non-hydrogen) atoms. The number of nitrogen functional groups attached to an aromatic ring is 1. The van der Waals surface area contributed by atoms with Gasteiger partial charge in [0.1, 0.15) is 23.4 Å². The summed E-state index contributed by atoms with van der Waals surface area (Å²) in [7, 11) is 0. The van der Waals surface area contributed by atoms with Crippen molar-refractivity contribution in [3.05, 3.63) is 53.8 Å². The van der Waals surface area contributed by atoms with E-state index in [1.54, 1.807) is 6.07 Å². The lowest BCUT2D eigenvalue weighted by Crippen LogP contribution is -2.45. The summed E-state index contributed by atoms with van der Waals surface area (Å²) in [6, 6.07) is 14.7. The van der Waals surface area contributed by atoms with E-state index in [2.05, 4.69) is 29.9 Å². The molecule has 0 spiro atoms. The molecule has 5 aromatic rings. The van der Waals surface area contributed by atoms with E-state index in [-0.39, 0.29) is 6.04 Å². The fraction of sp³-hybridized carbons (Fsp3) is 0.357. The van der Waals surface area contributed by atoms with E-state index in [0.717, 1.165) is 80.0 Å². The van der Waals surface area contributed by atoms with Crippen molar-refractivity contribution in [1.82, 2.24) is 29.6 Å². The minimum Gasteiger partial charge on any atom is -0.422 e. The van der Waals surface area contributed by atoms with Crippen molar-refractivity contribution in [3.63, 3.8) is 0 Å². The smallest absolute Gasteiger partial charge is 0.300 e. The Hall–Kier alpha value is -3.73. The van der Waals surface area contributed by atoms with Gasteiger partial charge in [-0.25, -0.2) is 14.6 Å². The third-order valence-electron chi connectivity index (χ3n) is 7.87. The lowest BCUT2D eigenvalue weighted by atomic mass is 9.90. The van der Waals surface area contributed by atoms with Crippen LogP contribution in [0.4, 0.5) is 17.5 Å². The number of halogens is 1. The molecule has 1 saturated heterocycles. The molecule has 1 aliphatic heterocycles. The molecule has 0 amide bonds. The molecule has 0 unspecified atom stereocenters. The molecule has 7 rings (SSSR count). The summed E-state index contributed by atoms with van der Waals surface area (Å²) in [5.74, 6) is 0.439. The van der Waals surface area contributed by atoms with Gasteiger partial charge in [0.15, 0.2) is 11.2 Å². The van der Waals surface area contributed by atoms with Crippen LogP contribution in [-0.2, 0) is 4.74 Å². The molecule has 0 bridgehead atoms. The number of nitrogens with zero attached hydrogens (tertiary/aromatic N) is 6. The standard InChI is InChI=1S/C28H29ClN8O2/c29-21-2-1-3-22-25(21)39-28(34-22)33-18-6-4-17(5-7-18)24-23-26(30)31-16-32-27(23)37(35-24)20-10-8-19(9-11-20)36-12-14-38-15-13-36/h1-7,16,19-20H,8-15H2,(H,33,34)(H2,30,31,32). The largest absolute Gasteiger partial charge is 0.422 e. The number of morpholine rings is 1. The van der Waals surface area contributed by atoms with Gasteiger partial charge in [0.2, 0.25) is 0 Å². The number of anilines is 3. The summed E-state index contributed by atoms with van der Waals surface area (Å²) >= 11 is 6.23. The third-order valence-corrected chi connectivity index (χ3v) is 8.17. The minimum atomic E-state index is 0.278. The Labute approximate surface area is 230 Å². The molecule has 1 saturated carbocycles. The Bertz CT molecular complexity index is 1620. The average Bonchev–Trinajstić information content (AvgIpc) is 3.57. The Morgan fingerprint density at radius 2 is 1.72 bits per heavy atom. The summed E-state index contributed by atoms with van der Waals surface area (Å²) in [6.45, 7) is 3.72. The van der Waals surface area contributed by atoms with Gasteiger partial charge in [-0.3, -0.25) is 4.90 Å². The summed E-state index contributed by atoms with van der Waals surface area (Å²) in [5, 5.41) is 9.60. The van der Waals surface area contributed by atoms with E-state index < -0.39 is 0 Å². The van der Waals surface area contributed by atoms with Gasteiger partial charge < -0.3 is 20.2 Å². The lowest BCUT2D eigenvalue weighted by molar-refractivity contribution is 0.00520. The van der Waals surface area contributed by atoms with Crippen LogP contribution in [0.5, 0.6) is 0 Å². The van der Waals surface area contributed by atoms with Gasteiger partial charge in [0, 0.05) is 30.4 Å². The van der Waals surface area contributed by atoms with Crippen LogP contribution in [0.3, 0.4) is 0 Å². The molecule has 11 heteroatoms. The second kappa shape index (κ2) is 10.1. The van der Waals surface area contributed by atoms with E-state index in [1.807, 2.05) is 36.4 Å². The zero-order valence-corrected chi connectivity index (χ0v) is 22.1. The maximum Gasteiger partial charge on any atom is 0.300 e. The van der Waals surface area contributed by atoms with Crippen molar-refractivity contribution in [2.45, 2.75) is 37.8 Å². The second-order valence-electron chi connectivity index (χ2n) is 10.2. The van der Waals surface area contributed by atoms with E-state index in [9.17, 15) is 0 Å². The molecule has 1 aliphatic carbocycles. The van der Waals surface area contributed by atoms with Crippen molar-refractivity contribution < 1.29 is 9.15 Å². The van der Waals surface area contributed by atoms with Crippen molar-refractivity contribution in [2.75, 3.05) is 37.4 Å². The van der Waals surface area contributed by atoms with Crippen LogP contribution in [0.15, 0.2) is 53.2 Å². The van der Waals surface area contributed by atoms with Crippen molar-refractivity contribution in [3.8, 4) is 11.3 Å². The Balaban J connectivity index is 1.14. The third kappa shape index (κ3) is 4.58. The van der Waals surface area contributed by atoms with Crippen LogP contribution >= 0.6 is 11.6 Å². The molecular formula is C28H29ClN8O2. The highest BCUT2D eigenvalue weighted by atomic mass is 35.5. The molecule has 0 atom stereocenters. The number of ether oxygens (including phenoxy) is 1. The van der Waals surface area contributed by atoms with Crippen LogP contribution < -0.4 is 11.1 Å². The molecule has 2 fully saturated rings. The van der Waals surface area contributed by atoms with Gasteiger partial charge in [-0.05, 0) is 49.9 Å². The fourth-order valence-electron chi connectivity index (χ4n) is 5.87. The van der Waals surface area contributed by atoms with Gasteiger partial charge in [0.05, 0.1) is 29.7 Å². The number of rotatable bonds is 5. The molecular weight excluding hydrogens is 516 g/mol. The van der Waals surface area contributed by atoms with Crippen LogP contribution in [0.2, 0.25) is 5.02 Å². The number of hydrogen-bond donors (Lipinski definition) is 2. The van der Waals surface area contributed by atoms with Crippen molar-refractivity contribution >= 4 is 51.3 Å². The summed E-state index contributed by atoms with van der Waals surface area (Å²) in [4.78, 5) is 15.9. The maximum absolute atomic E-state index is 6.37. The predicted octanol–water partition coefficient (Wildman–Crippen LogP) is 5.43. The molecule has 3 aromatic heterocycles. The number of oxazole rings is 1. The highest BCUT2D eigenvalue weighted by molar-refractivity contribution is 6.34. The maximum atomic E-state index is 6.37. The molecule has 200 valence electrons. The van der Waals surface area contributed by atoms with Crippen LogP contribution in [0.25, 0.3) is 33.4 Å². The molecule has 3 N–H and O–H groups in total. The van der Waals surface area contributed by atoms with Crippen LogP contribution in [0.1, 0.15) is 31.7 Å². The lowest BCUT2D eigenvalue weighted by Gasteiger charge is -2.38. The zero-order valence-electron chi connectivity index (χ0n) is 21.4. The number of nitrogens with one attached hydrogen (secondary N) is 1. The molecule has 2 aromatic carbocycles. The monoisotopic (exact) mass is 544 g/mol. The first-order chi connectivity index (χ1) is 19.1. The van der Waals surface area contributed by atoms with Crippen LogP contribution in [-0.4, -0.2) is 62.0 Å². The first-order valence-corrected chi connectivity index (χ1v) is 13.7. The predicted molar refractivity (Wildman–Crippen MR) is 151 cm³/mol. The second-order valence-corrected chi connectivity index (χ2v) is 10.6. The fourth-order valence-corrected chi connectivity index (χ4v) is 6.07. The average molecular weight is 545 g/mol. The quantitative estimate of drug-likeness (QED) is 0.298. The highest BCUT2D eigenvalue weighted by Gasteiger charge is 2.30. The zero-order chi connectivity index (χ0) is 26.3. The van der Waals surface area contributed by atoms with Crippen molar-refractivity contribution in [2.24, 2.45) is 0 Å². The SMILES string of the molecule is Nc1ncnc2c1c(-c1ccc(Nc3nc4cccc(Cl)c4o3)cc1)nn2C1CCC(N2CCOCC2)CC1. The van der Waals surface area contributed by atoms with E-state index in [0.29, 0.717) is 34.0 Å².